The molecule has 0 radical (unpaired) electrons. The molecule has 1 aliphatic carbocycles. The van der Waals surface area contributed by atoms with Gasteiger partial charge in [0.05, 0.1) is 17.3 Å². The van der Waals surface area contributed by atoms with Crippen LogP contribution in [0.4, 0.5) is 11.4 Å². The Bertz CT molecular complexity index is 571. The molecule has 0 atom stereocenters. The normalized spacial score (nSPS) is 15.1. The van der Waals surface area contributed by atoms with Crippen LogP contribution in [0.5, 0.6) is 0 Å². The first-order valence-corrected chi connectivity index (χ1v) is 9.09. The van der Waals surface area contributed by atoms with E-state index in [9.17, 15) is 9.59 Å². The van der Waals surface area contributed by atoms with Crippen molar-refractivity contribution in [3.8, 4) is 0 Å². The van der Waals surface area contributed by atoms with Gasteiger partial charge >= 0.3 is 0 Å². The zero-order valence-electron chi connectivity index (χ0n) is 14.2. The molecule has 0 bridgehead atoms. The Morgan fingerprint density at radius 1 is 1.12 bits per heavy atom. The lowest BCUT2D eigenvalue weighted by molar-refractivity contribution is -0.116. The molecule has 1 aliphatic rings. The van der Waals surface area contributed by atoms with Crippen molar-refractivity contribution in [2.45, 2.75) is 57.9 Å². The van der Waals surface area contributed by atoms with Crippen molar-refractivity contribution in [2.24, 2.45) is 0 Å². The summed E-state index contributed by atoms with van der Waals surface area (Å²) in [5, 5.41) is 9.37. The number of benzene rings is 1. The maximum atomic E-state index is 12.1. The molecule has 3 N–H and O–H groups in total. The van der Waals surface area contributed by atoms with Crippen molar-refractivity contribution in [1.29, 1.82) is 0 Å². The van der Waals surface area contributed by atoms with Crippen LogP contribution in [0.15, 0.2) is 18.2 Å². The van der Waals surface area contributed by atoms with E-state index in [1.165, 1.54) is 19.3 Å². The smallest absolute Gasteiger partial charge is 0.238 e. The van der Waals surface area contributed by atoms with Gasteiger partial charge in [-0.25, -0.2) is 0 Å². The summed E-state index contributed by atoms with van der Waals surface area (Å²) in [6.07, 6.45) is 7.26. The standard InChI is InChI=1S/C18H26ClN3O2/c1-2-6-17(23)21-14-9-10-15(19)16(11-14)22-18(24)12-20-13-7-4-3-5-8-13/h9-11,13,20H,2-8,12H2,1H3,(H,21,23)(H,22,24). The monoisotopic (exact) mass is 351 g/mol. The van der Waals surface area contributed by atoms with Crippen molar-refractivity contribution in [2.75, 3.05) is 17.2 Å². The zero-order valence-corrected chi connectivity index (χ0v) is 14.9. The third-order valence-electron chi connectivity index (χ3n) is 4.16. The van der Waals surface area contributed by atoms with Crippen molar-refractivity contribution >= 4 is 34.8 Å². The third kappa shape index (κ3) is 6.13. The van der Waals surface area contributed by atoms with Crippen LogP contribution in [0.1, 0.15) is 51.9 Å². The molecule has 132 valence electrons. The molecule has 0 aromatic heterocycles. The summed E-state index contributed by atoms with van der Waals surface area (Å²) in [5.41, 5.74) is 1.15. The molecule has 24 heavy (non-hydrogen) atoms. The number of amides is 2. The predicted octanol–water partition coefficient (Wildman–Crippen LogP) is 3.94. The average Bonchev–Trinajstić information content (AvgIpc) is 2.57. The molecule has 1 aromatic rings. The topological polar surface area (TPSA) is 70.2 Å². The highest BCUT2D eigenvalue weighted by Gasteiger charge is 2.14. The molecule has 6 heteroatoms. The molecule has 5 nitrogen and oxygen atoms in total. The summed E-state index contributed by atoms with van der Waals surface area (Å²) in [7, 11) is 0. The molecule has 0 saturated heterocycles. The number of carbonyl (C=O) groups is 2. The van der Waals surface area contributed by atoms with E-state index in [4.69, 9.17) is 11.6 Å². The van der Waals surface area contributed by atoms with Gasteiger partial charge in [-0.2, -0.15) is 0 Å². The molecule has 1 aromatic carbocycles. The van der Waals surface area contributed by atoms with E-state index in [0.29, 0.717) is 28.9 Å². The Kier molecular flexibility index (Phi) is 7.53. The van der Waals surface area contributed by atoms with Crippen LogP contribution < -0.4 is 16.0 Å². The fraction of sp³-hybridized carbons (Fsp3) is 0.556. The van der Waals surface area contributed by atoms with Gasteiger partial charge < -0.3 is 16.0 Å². The maximum Gasteiger partial charge on any atom is 0.238 e. The second-order valence-electron chi connectivity index (χ2n) is 6.26. The summed E-state index contributed by atoms with van der Waals surface area (Å²) in [5.74, 6) is -0.171. The minimum Gasteiger partial charge on any atom is -0.326 e. The molecule has 1 saturated carbocycles. The summed E-state index contributed by atoms with van der Waals surface area (Å²) >= 11 is 6.14. The molecule has 0 aliphatic heterocycles. The Morgan fingerprint density at radius 2 is 1.88 bits per heavy atom. The SMILES string of the molecule is CCCC(=O)Nc1ccc(Cl)c(NC(=O)CNC2CCCCC2)c1. The summed E-state index contributed by atoms with van der Waals surface area (Å²) in [4.78, 5) is 23.8. The molecular formula is C18H26ClN3O2. The van der Waals surface area contributed by atoms with Crippen molar-refractivity contribution in [1.82, 2.24) is 5.32 Å². The van der Waals surface area contributed by atoms with Gasteiger partial charge in [-0.05, 0) is 37.5 Å². The van der Waals surface area contributed by atoms with Crippen LogP contribution in [-0.2, 0) is 9.59 Å². The number of nitrogens with one attached hydrogen (secondary N) is 3. The minimum absolute atomic E-state index is 0.0453. The highest BCUT2D eigenvalue weighted by Crippen LogP contribution is 2.25. The largest absolute Gasteiger partial charge is 0.326 e. The first kappa shape index (κ1) is 18.7. The first-order valence-electron chi connectivity index (χ1n) is 8.71. The maximum absolute atomic E-state index is 12.1. The zero-order chi connectivity index (χ0) is 17.4. The molecule has 2 rings (SSSR count). The van der Waals surface area contributed by atoms with Crippen LogP contribution in [0.2, 0.25) is 5.02 Å². The van der Waals surface area contributed by atoms with Gasteiger partial charge in [-0.1, -0.05) is 37.8 Å². The van der Waals surface area contributed by atoms with E-state index in [1.54, 1.807) is 18.2 Å². The minimum atomic E-state index is -0.125. The van der Waals surface area contributed by atoms with Gasteiger partial charge in [0.1, 0.15) is 0 Å². The fourth-order valence-corrected chi connectivity index (χ4v) is 3.05. The molecule has 0 spiro atoms. The highest BCUT2D eigenvalue weighted by atomic mass is 35.5. The lowest BCUT2D eigenvalue weighted by Gasteiger charge is -2.22. The number of carbonyl (C=O) groups excluding carboxylic acids is 2. The average molecular weight is 352 g/mol. The number of anilines is 2. The Labute approximate surface area is 148 Å². The highest BCUT2D eigenvalue weighted by molar-refractivity contribution is 6.33. The Morgan fingerprint density at radius 3 is 2.58 bits per heavy atom. The number of halogens is 1. The molecule has 0 unspecified atom stereocenters. The van der Waals surface area contributed by atoms with E-state index in [1.807, 2.05) is 6.92 Å². The van der Waals surface area contributed by atoms with Gasteiger partial charge in [0.15, 0.2) is 0 Å². The van der Waals surface area contributed by atoms with E-state index in [0.717, 1.165) is 19.3 Å². The second kappa shape index (κ2) is 9.64. The van der Waals surface area contributed by atoms with E-state index in [-0.39, 0.29) is 18.4 Å². The van der Waals surface area contributed by atoms with Crippen LogP contribution in [0, 0.1) is 0 Å². The summed E-state index contributed by atoms with van der Waals surface area (Å²) in [6.45, 7) is 2.22. The quantitative estimate of drug-likeness (QED) is 0.696. The Hall–Kier alpha value is -1.59. The van der Waals surface area contributed by atoms with Crippen LogP contribution in [0.3, 0.4) is 0 Å². The number of hydrogen-bond donors (Lipinski definition) is 3. The van der Waals surface area contributed by atoms with Crippen molar-refractivity contribution < 1.29 is 9.59 Å². The van der Waals surface area contributed by atoms with Gasteiger partial charge in [0, 0.05) is 18.2 Å². The van der Waals surface area contributed by atoms with Crippen molar-refractivity contribution in [3.05, 3.63) is 23.2 Å². The second-order valence-corrected chi connectivity index (χ2v) is 6.66. The third-order valence-corrected chi connectivity index (χ3v) is 4.49. The van der Waals surface area contributed by atoms with E-state index < -0.39 is 0 Å². The molecule has 2 amide bonds. The predicted molar refractivity (Wildman–Crippen MR) is 98.5 cm³/mol. The van der Waals surface area contributed by atoms with E-state index in [2.05, 4.69) is 16.0 Å². The van der Waals surface area contributed by atoms with E-state index >= 15 is 0 Å². The first-order chi connectivity index (χ1) is 11.6. The van der Waals surface area contributed by atoms with Crippen molar-refractivity contribution in [3.63, 3.8) is 0 Å². The van der Waals surface area contributed by atoms with Crippen LogP contribution >= 0.6 is 11.6 Å². The van der Waals surface area contributed by atoms with Gasteiger partial charge in [0.2, 0.25) is 11.8 Å². The number of hydrogen-bond acceptors (Lipinski definition) is 3. The molecular weight excluding hydrogens is 326 g/mol. The lowest BCUT2D eigenvalue weighted by atomic mass is 9.95. The summed E-state index contributed by atoms with van der Waals surface area (Å²) in [6, 6.07) is 5.52. The fourth-order valence-electron chi connectivity index (χ4n) is 2.89. The lowest BCUT2D eigenvalue weighted by Crippen LogP contribution is -2.37. The van der Waals surface area contributed by atoms with Crippen LogP contribution in [-0.4, -0.2) is 24.4 Å². The molecule has 0 heterocycles. The van der Waals surface area contributed by atoms with Crippen LogP contribution in [0.25, 0.3) is 0 Å². The van der Waals surface area contributed by atoms with Gasteiger partial charge in [0.25, 0.3) is 0 Å². The van der Waals surface area contributed by atoms with Gasteiger partial charge in [-0.3, -0.25) is 9.59 Å². The van der Waals surface area contributed by atoms with Gasteiger partial charge in [-0.15, -0.1) is 0 Å². The molecule has 1 fully saturated rings. The Balaban J connectivity index is 1.87. The summed E-state index contributed by atoms with van der Waals surface area (Å²) < 4.78 is 0. The number of rotatable bonds is 7.